The molecule has 0 saturated heterocycles. The van der Waals surface area contributed by atoms with E-state index in [0.717, 1.165) is 12.0 Å². The van der Waals surface area contributed by atoms with E-state index in [0.29, 0.717) is 5.69 Å². The number of hydrazine groups is 1. The summed E-state index contributed by atoms with van der Waals surface area (Å²) >= 11 is 5.01. The van der Waals surface area contributed by atoms with Crippen molar-refractivity contribution in [3.63, 3.8) is 0 Å². The van der Waals surface area contributed by atoms with E-state index in [1.165, 1.54) is 34.8 Å². The first-order valence-electron chi connectivity index (χ1n) is 9.58. The molecule has 0 aromatic heterocycles. The van der Waals surface area contributed by atoms with Gasteiger partial charge in [0, 0.05) is 16.7 Å². The predicted molar refractivity (Wildman–Crippen MR) is 130 cm³/mol. The maximum Gasteiger partial charge on any atom is 0.180 e. The Kier molecular flexibility index (Phi) is 12.1. The Morgan fingerprint density at radius 2 is 1.87 bits per heavy atom. The SMILES string of the molecule is C/C=C/Cl.C/C=C\CC.N/C(=C1/N=Cc2ccccc2N1N)S(=O)c1cccc(F)c1. The first-order chi connectivity index (χ1) is 14.9. The normalized spacial score (nSPS) is 15.0. The van der Waals surface area contributed by atoms with Crippen LogP contribution in [0.25, 0.3) is 0 Å². The molecule has 0 amide bonds. The fraction of sp³-hybridized carbons (Fsp3) is 0.174. The maximum absolute atomic E-state index is 13.3. The van der Waals surface area contributed by atoms with Crippen molar-refractivity contribution in [1.82, 2.24) is 0 Å². The lowest BCUT2D eigenvalue weighted by Crippen LogP contribution is -2.35. The lowest BCUT2D eigenvalue weighted by molar-refractivity contribution is 0.622. The third kappa shape index (κ3) is 8.13. The lowest BCUT2D eigenvalue weighted by atomic mass is 10.1. The minimum absolute atomic E-state index is 0.0288. The highest BCUT2D eigenvalue weighted by molar-refractivity contribution is 7.89. The van der Waals surface area contributed by atoms with Crippen LogP contribution in [0, 0.1) is 5.82 Å². The molecule has 1 aliphatic rings. The number of para-hydroxylation sites is 1. The van der Waals surface area contributed by atoms with Crippen LogP contribution in [-0.4, -0.2) is 10.4 Å². The molecular weight excluding hydrogens is 435 g/mol. The van der Waals surface area contributed by atoms with Gasteiger partial charge in [-0.1, -0.05) is 61.0 Å². The molecule has 2 aromatic rings. The fourth-order valence-corrected chi connectivity index (χ4v) is 3.33. The molecule has 166 valence electrons. The van der Waals surface area contributed by atoms with Crippen LogP contribution in [0.15, 0.2) is 93.0 Å². The van der Waals surface area contributed by atoms with E-state index >= 15 is 0 Å². The number of anilines is 1. The number of aliphatic imine (C=N–C) groups is 1. The molecule has 1 aliphatic heterocycles. The highest BCUT2D eigenvalue weighted by Crippen LogP contribution is 2.27. The number of hydrogen-bond donors (Lipinski definition) is 2. The molecule has 8 heteroatoms. The van der Waals surface area contributed by atoms with Crippen LogP contribution in [0.1, 0.15) is 32.8 Å². The summed E-state index contributed by atoms with van der Waals surface area (Å²) in [5.41, 5.74) is 8.95. The molecule has 0 spiro atoms. The molecule has 0 aliphatic carbocycles. The Bertz CT molecular complexity index is 985. The van der Waals surface area contributed by atoms with E-state index in [1.54, 1.807) is 18.4 Å². The van der Waals surface area contributed by atoms with Crippen LogP contribution in [0.3, 0.4) is 0 Å². The van der Waals surface area contributed by atoms with Gasteiger partial charge >= 0.3 is 0 Å². The number of rotatable bonds is 3. The number of nitrogens with zero attached hydrogens (tertiary/aromatic N) is 2. The summed E-state index contributed by atoms with van der Waals surface area (Å²) in [5.74, 6) is 5.71. The Labute approximate surface area is 191 Å². The van der Waals surface area contributed by atoms with Crippen LogP contribution in [-0.2, 0) is 10.8 Å². The Balaban J connectivity index is 0.000000454. The average molecular weight is 463 g/mol. The van der Waals surface area contributed by atoms with Crippen molar-refractivity contribution in [3.05, 3.63) is 94.5 Å². The van der Waals surface area contributed by atoms with Gasteiger partial charge in [-0.15, -0.1) is 0 Å². The van der Waals surface area contributed by atoms with Gasteiger partial charge in [-0.2, -0.15) is 0 Å². The molecule has 0 radical (unpaired) electrons. The van der Waals surface area contributed by atoms with Gasteiger partial charge in [0.25, 0.3) is 0 Å². The van der Waals surface area contributed by atoms with E-state index in [1.807, 2.05) is 32.0 Å². The van der Waals surface area contributed by atoms with Crippen molar-refractivity contribution < 1.29 is 8.60 Å². The van der Waals surface area contributed by atoms with Gasteiger partial charge in [0.1, 0.15) is 21.6 Å². The van der Waals surface area contributed by atoms with E-state index in [9.17, 15) is 8.60 Å². The molecule has 0 saturated carbocycles. The molecule has 1 unspecified atom stereocenters. The van der Waals surface area contributed by atoms with Crippen LogP contribution >= 0.6 is 11.6 Å². The molecule has 1 heterocycles. The highest BCUT2D eigenvalue weighted by atomic mass is 35.5. The minimum atomic E-state index is -1.75. The number of benzene rings is 2. The Hall–Kier alpha value is -2.74. The molecule has 3 rings (SSSR count). The van der Waals surface area contributed by atoms with Gasteiger partial charge in [0.05, 0.1) is 5.69 Å². The number of nitrogens with two attached hydrogens (primary N) is 2. The summed E-state index contributed by atoms with van der Waals surface area (Å²) in [6.45, 7) is 6.02. The maximum atomic E-state index is 13.3. The van der Waals surface area contributed by atoms with E-state index < -0.39 is 16.6 Å². The van der Waals surface area contributed by atoms with Crippen LogP contribution in [0.4, 0.5) is 10.1 Å². The first-order valence-corrected chi connectivity index (χ1v) is 11.2. The van der Waals surface area contributed by atoms with Gasteiger partial charge in [-0.25, -0.2) is 19.4 Å². The number of halogens is 2. The molecule has 5 nitrogen and oxygen atoms in total. The summed E-state index contributed by atoms with van der Waals surface area (Å²) < 4.78 is 25.7. The van der Waals surface area contributed by atoms with E-state index in [2.05, 4.69) is 24.1 Å². The molecule has 0 fully saturated rings. The van der Waals surface area contributed by atoms with Gasteiger partial charge < -0.3 is 5.73 Å². The molecule has 2 aromatic carbocycles. The van der Waals surface area contributed by atoms with E-state index in [4.69, 9.17) is 23.2 Å². The zero-order valence-corrected chi connectivity index (χ0v) is 19.4. The van der Waals surface area contributed by atoms with Crippen molar-refractivity contribution in [2.24, 2.45) is 16.6 Å². The van der Waals surface area contributed by atoms with Crippen LogP contribution < -0.4 is 16.6 Å². The zero-order valence-electron chi connectivity index (χ0n) is 17.8. The highest BCUT2D eigenvalue weighted by Gasteiger charge is 2.21. The van der Waals surface area contributed by atoms with Gasteiger partial charge in [-0.3, -0.25) is 5.01 Å². The second-order valence-corrected chi connectivity index (χ2v) is 7.74. The zero-order chi connectivity index (χ0) is 23.2. The third-order valence-corrected chi connectivity index (χ3v) is 5.29. The van der Waals surface area contributed by atoms with Gasteiger partial charge in [0.2, 0.25) is 0 Å². The fourth-order valence-electron chi connectivity index (χ4n) is 2.33. The Morgan fingerprint density at radius 1 is 1.19 bits per heavy atom. The molecular formula is C23H28ClFN4OS. The average Bonchev–Trinajstić information content (AvgIpc) is 2.80. The molecule has 1 atom stereocenters. The lowest BCUT2D eigenvalue weighted by Gasteiger charge is -2.25. The summed E-state index contributed by atoms with van der Waals surface area (Å²) in [5, 5.41) is 1.25. The number of hydrogen-bond acceptors (Lipinski definition) is 5. The molecule has 4 N–H and O–H groups in total. The van der Waals surface area contributed by atoms with Crippen molar-refractivity contribution in [1.29, 1.82) is 0 Å². The quantitative estimate of drug-likeness (QED) is 0.461. The van der Waals surface area contributed by atoms with E-state index in [-0.39, 0.29) is 15.7 Å². The number of allylic oxidation sites excluding steroid dienone is 3. The second-order valence-electron chi connectivity index (χ2n) is 6.04. The van der Waals surface area contributed by atoms with Crippen molar-refractivity contribution >= 4 is 34.3 Å². The predicted octanol–water partition coefficient (Wildman–Crippen LogP) is 5.56. The monoisotopic (exact) mass is 462 g/mol. The standard InChI is InChI=1S/C15H13FN4OS.C5H10.C3H5Cl/c16-11-5-3-6-12(8-11)22(21)14(17)15-19-9-10-4-1-2-7-13(10)20(15)18;1-3-5-4-2;1-2-3-4/h1-9H,17-18H2;3,5H,4H2,1-2H3;2-3H,1H3/b15-14+;5-3-;3-2+. The van der Waals surface area contributed by atoms with Crippen molar-refractivity contribution in [2.75, 3.05) is 5.01 Å². The molecule has 0 bridgehead atoms. The summed E-state index contributed by atoms with van der Waals surface area (Å²) in [6.07, 6.45) is 8.71. The van der Waals surface area contributed by atoms with Crippen LogP contribution in [0.2, 0.25) is 0 Å². The first kappa shape index (κ1) is 26.3. The third-order valence-electron chi connectivity index (χ3n) is 3.78. The second kappa shape index (κ2) is 14.3. The topological polar surface area (TPSA) is 84.7 Å². The van der Waals surface area contributed by atoms with Gasteiger partial charge in [-0.05, 0) is 50.1 Å². The number of fused-ring (bicyclic) bond motifs is 1. The summed E-state index contributed by atoms with van der Waals surface area (Å²) in [6, 6.07) is 12.8. The van der Waals surface area contributed by atoms with Crippen molar-refractivity contribution in [2.45, 2.75) is 32.1 Å². The largest absolute Gasteiger partial charge is 0.388 e. The Morgan fingerprint density at radius 3 is 2.42 bits per heavy atom. The summed E-state index contributed by atoms with van der Waals surface area (Å²) in [4.78, 5) is 4.42. The smallest absolute Gasteiger partial charge is 0.180 e. The minimum Gasteiger partial charge on any atom is -0.388 e. The van der Waals surface area contributed by atoms with Gasteiger partial charge in [0.15, 0.2) is 5.82 Å². The van der Waals surface area contributed by atoms with Crippen LogP contribution in [0.5, 0.6) is 0 Å². The van der Waals surface area contributed by atoms with Crippen molar-refractivity contribution in [3.8, 4) is 0 Å². The molecule has 31 heavy (non-hydrogen) atoms. The summed E-state index contributed by atoms with van der Waals surface area (Å²) in [7, 11) is -1.75.